The molecule has 176 valence electrons. The van der Waals surface area contributed by atoms with Crippen molar-refractivity contribution in [1.82, 2.24) is 9.80 Å². The van der Waals surface area contributed by atoms with Crippen molar-refractivity contribution >= 4 is 11.8 Å². The van der Waals surface area contributed by atoms with Gasteiger partial charge in [-0.05, 0) is 62.0 Å². The van der Waals surface area contributed by atoms with Gasteiger partial charge >= 0.3 is 0 Å². The molecule has 0 radical (unpaired) electrons. The molecule has 4 N–H and O–H groups in total. The topological polar surface area (TPSA) is 107 Å². The lowest BCUT2D eigenvalue weighted by atomic mass is 9.83. The highest BCUT2D eigenvalue weighted by Crippen LogP contribution is 2.45. The van der Waals surface area contributed by atoms with Crippen molar-refractivity contribution in [2.45, 2.75) is 75.8 Å². The molecule has 1 saturated carbocycles. The third-order valence-corrected chi connectivity index (χ3v) is 7.98. The van der Waals surface area contributed by atoms with E-state index in [1.807, 2.05) is 11.0 Å². The second-order valence-corrected chi connectivity index (χ2v) is 9.90. The smallest absolute Gasteiger partial charge is 0.252 e. The van der Waals surface area contributed by atoms with Crippen LogP contribution in [0.2, 0.25) is 0 Å². The van der Waals surface area contributed by atoms with Crippen LogP contribution in [0.25, 0.3) is 0 Å². The Morgan fingerprint density at radius 2 is 1.75 bits per heavy atom. The maximum atomic E-state index is 12.4. The number of fused-ring (bicyclic) bond motifs is 2. The summed E-state index contributed by atoms with van der Waals surface area (Å²) in [6.07, 6.45) is 10.2. The molecule has 1 aromatic carbocycles. The highest BCUT2D eigenvalue weighted by molar-refractivity contribution is 5.96. The minimum absolute atomic E-state index is 0.0325. The van der Waals surface area contributed by atoms with Crippen molar-refractivity contribution in [2.24, 2.45) is 11.7 Å². The quantitative estimate of drug-likeness (QED) is 0.573. The summed E-state index contributed by atoms with van der Waals surface area (Å²) in [6.45, 7) is 1.83. The van der Waals surface area contributed by atoms with E-state index in [1.54, 1.807) is 12.1 Å². The number of carbonyl (C=O) groups excluding carboxylic acids is 2. The van der Waals surface area contributed by atoms with E-state index in [0.717, 1.165) is 44.3 Å². The number of rotatable bonds is 8. The Morgan fingerprint density at radius 1 is 1.06 bits per heavy atom. The SMILES string of the molecule is NC(=O)c1cccc([C@H]2C[C@H]3CC[C@@H](C2)N3CCN(CC2CCCCC2)C(=O)CO)c1O. The minimum Gasteiger partial charge on any atom is -0.507 e. The predicted molar refractivity (Wildman–Crippen MR) is 122 cm³/mol. The Bertz CT molecular complexity index is 809. The van der Waals surface area contributed by atoms with Gasteiger partial charge in [0.1, 0.15) is 12.4 Å². The lowest BCUT2D eigenvalue weighted by Gasteiger charge is -2.40. The largest absolute Gasteiger partial charge is 0.507 e. The zero-order valence-corrected chi connectivity index (χ0v) is 18.9. The number of aliphatic hydroxyl groups is 1. The van der Waals surface area contributed by atoms with Crippen molar-refractivity contribution in [1.29, 1.82) is 0 Å². The number of primary amides is 1. The second kappa shape index (κ2) is 10.2. The van der Waals surface area contributed by atoms with Crippen LogP contribution < -0.4 is 5.73 Å². The molecule has 0 spiro atoms. The van der Waals surface area contributed by atoms with E-state index < -0.39 is 12.5 Å². The van der Waals surface area contributed by atoms with Gasteiger partial charge in [0, 0.05) is 31.7 Å². The first-order chi connectivity index (χ1) is 15.5. The van der Waals surface area contributed by atoms with Crippen molar-refractivity contribution < 1.29 is 19.8 Å². The number of aliphatic hydroxyl groups excluding tert-OH is 1. The van der Waals surface area contributed by atoms with Gasteiger partial charge in [0.2, 0.25) is 5.91 Å². The zero-order valence-electron chi connectivity index (χ0n) is 18.9. The number of hydrogen-bond acceptors (Lipinski definition) is 5. The van der Waals surface area contributed by atoms with Gasteiger partial charge in [-0.1, -0.05) is 31.4 Å². The number of benzene rings is 1. The molecule has 2 saturated heterocycles. The van der Waals surface area contributed by atoms with Gasteiger partial charge in [0.25, 0.3) is 5.91 Å². The number of piperidine rings is 1. The van der Waals surface area contributed by atoms with Crippen molar-refractivity contribution in [2.75, 3.05) is 26.2 Å². The third kappa shape index (κ3) is 4.94. The summed E-state index contributed by atoms with van der Waals surface area (Å²) in [6, 6.07) is 6.11. The number of aromatic hydroxyl groups is 1. The summed E-state index contributed by atoms with van der Waals surface area (Å²) in [5.74, 6) is 0.0371. The lowest BCUT2D eigenvalue weighted by Crippen LogP contribution is -2.48. The van der Waals surface area contributed by atoms with Gasteiger partial charge in [-0.2, -0.15) is 0 Å². The number of nitrogens with zero attached hydrogens (tertiary/aromatic N) is 2. The fraction of sp³-hybridized carbons (Fsp3) is 0.680. The van der Waals surface area contributed by atoms with Gasteiger partial charge in [-0.15, -0.1) is 0 Å². The molecule has 3 aliphatic rings. The Kier molecular flexibility index (Phi) is 7.36. The maximum absolute atomic E-state index is 12.4. The number of para-hydroxylation sites is 1. The molecular weight excluding hydrogens is 406 g/mol. The standard InChI is InChI=1S/C25H37N3O4/c26-25(32)22-8-4-7-21(24(22)31)18-13-19-9-10-20(14-18)28(19)12-11-27(23(30)16-29)15-17-5-2-1-3-6-17/h4,7-8,17-20,29,31H,1-3,5-6,9-16H2,(H2,26,32)/t18-,19+,20-. The molecule has 1 aliphatic carbocycles. The average Bonchev–Trinajstić information content (AvgIpc) is 3.03. The van der Waals surface area contributed by atoms with Gasteiger partial charge in [-0.25, -0.2) is 0 Å². The van der Waals surface area contributed by atoms with Crippen LogP contribution in [0.15, 0.2) is 18.2 Å². The normalized spacial score (nSPS) is 26.2. The molecular formula is C25H37N3O4. The molecule has 7 nitrogen and oxygen atoms in total. The molecule has 32 heavy (non-hydrogen) atoms. The fourth-order valence-corrected chi connectivity index (χ4v) is 6.32. The van der Waals surface area contributed by atoms with Gasteiger partial charge in [0.05, 0.1) is 5.56 Å². The number of carbonyl (C=O) groups is 2. The Hall–Kier alpha value is -2.12. The van der Waals surface area contributed by atoms with E-state index in [0.29, 0.717) is 24.5 Å². The highest BCUT2D eigenvalue weighted by Gasteiger charge is 2.41. The fourth-order valence-electron chi connectivity index (χ4n) is 6.32. The summed E-state index contributed by atoms with van der Waals surface area (Å²) < 4.78 is 0. The van der Waals surface area contributed by atoms with Crippen LogP contribution in [-0.4, -0.2) is 70.2 Å². The number of phenols is 1. The first-order valence-electron chi connectivity index (χ1n) is 12.2. The van der Waals surface area contributed by atoms with Gasteiger partial charge < -0.3 is 20.8 Å². The Balaban J connectivity index is 1.39. The monoisotopic (exact) mass is 443 g/mol. The molecule has 2 bridgehead atoms. The first-order valence-corrected chi connectivity index (χ1v) is 12.2. The molecule has 2 amide bonds. The summed E-state index contributed by atoms with van der Waals surface area (Å²) in [5, 5.41) is 20.1. The van der Waals surface area contributed by atoms with Gasteiger partial charge in [-0.3, -0.25) is 14.5 Å². The summed E-state index contributed by atoms with van der Waals surface area (Å²) in [5.41, 5.74) is 6.43. The van der Waals surface area contributed by atoms with Crippen LogP contribution in [0, 0.1) is 5.92 Å². The van der Waals surface area contributed by atoms with E-state index in [4.69, 9.17) is 5.73 Å². The van der Waals surface area contributed by atoms with Crippen LogP contribution in [0.5, 0.6) is 5.75 Å². The van der Waals surface area contributed by atoms with Crippen molar-refractivity contribution in [3.63, 3.8) is 0 Å². The van der Waals surface area contributed by atoms with E-state index in [9.17, 15) is 19.8 Å². The van der Waals surface area contributed by atoms with E-state index in [-0.39, 0.29) is 23.1 Å². The predicted octanol–water partition coefficient (Wildman–Crippen LogP) is 2.60. The number of amides is 2. The number of hydrogen-bond donors (Lipinski definition) is 3. The van der Waals surface area contributed by atoms with Crippen LogP contribution in [0.4, 0.5) is 0 Å². The molecule has 4 rings (SSSR count). The second-order valence-electron chi connectivity index (χ2n) is 9.90. The molecule has 0 aromatic heterocycles. The molecule has 2 heterocycles. The zero-order chi connectivity index (χ0) is 22.7. The van der Waals surface area contributed by atoms with E-state index >= 15 is 0 Å². The molecule has 1 aromatic rings. The lowest BCUT2D eigenvalue weighted by molar-refractivity contribution is -0.135. The number of nitrogens with two attached hydrogens (primary N) is 1. The van der Waals surface area contributed by atoms with Crippen LogP contribution >= 0.6 is 0 Å². The summed E-state index contributed by atoms with van der Waals surface area (Å²) >= 11 is 0. The van der Waals surface area contributed by atoms with E-state index in [2.05, 4.69) is 4.90 Å². The van der Waals surface area contributed by atoms with Crippen LogP contribution in [-0.2, 0) is 4.79 Å². The van der Waals surface area contributed by atoms with Crippen molar-refractivity contribution in [3.8, 4) is 5.75 Å². The summed E-state index contributed by atoms with van der Waals surface area (Å²) in [4.78, 5) is 28.4. The Morgan fingerprint density at radius 3 is 2.38 bits per heavy atom. The third-order valence-electron chi connectivity index (χ3n) is 7.98. The Labute approximate surface area is 190 Å². The maximum Gasteiger partial charge on any atom is 0.252 e. The highest BCUT2D eigenvalue weighted by atomic mass is 16.3. The van der Waals surface area contributed by atoms with Crippen molar-refractivity contribution in [3.05, 3.63) is 29.3 Å². The molecule has 3 fully saturated rings. The first kappa shape index (κ1) is 23.1. The summed E-state index contributed by atoms with van der Waals surface area (Å²) in [7, 11) is 0. The average molecular weight is 444 g/mol. The molecule has 0 unspecified atom stereocenters. The minimum atomic E-state index is -0.601. The molecule has 3 atom stereocenters. The van der Waals surface area contributed by atoms with E-state index in [1.165, 1.54) is 32.1 Å². The van der Waals surface area contributed by atoms with Crippen LogP contribution in [0.3, 0.4) is 0 Å². The molecule has 7 heteroatoms. The van der Waals surface area contributed by atoms with Gasteiger partial charge in [0.15, 0.2) is 0 Å². The van der Waals surface area contributed by atoms with Crippen LogP contribution in [0.1, 0.15) is 79.6 Å². The molecule has 2 aliphatic heterocycles.